The van der Waals surface area contributed by atoms with Gasteiger partial charge in [-0.3, -0.25) is 9.48 Å². The molecule has 1 N–H and O–H groups in total. The molecule has 0 saturated heterocycles. The molecule has 1 amide bonds. The van der Waals surface area contributed by atoms with Gasteiger partial charge in [-0.2, -0.15) is 5.10 Å². The van der Waals surface area contributed by atoms with Crippen LogP contribution in [0.25, 0.3) is 0 Å². The summed E-state index contributed by atoms with van der Waals surface area (Å²) in [5, 5.41) is 6.74. The minimum atomic E-state index is -0.120. The van der Waals surface area contributed by atoms with Crippen LogP contribution in [0.1, 0.15) is 23.7 Å². The summed E-state index contributed by atoms with van der Waals surface area (Å²) in [4.78, 5) is 11.6. The number of amides is 1. The van der Waals surface area contributed by atoms with E-state index in [1.54, 1.807) is 17.9 Å². The van der Waals surface area contributed by atoms with Crippen LogP contribution in [0.5, 0.6) is 0 Å². The maximum atomic E-state index is 11.6. The largest absolute Gasteiger partial charge is 0.348 e. The first kappa shape index (κ1) is 11.0. The molecule has 0 aromatic carbocycles. The number of nitrogens with one attached hydrogen (secondary N) is 1. The molecule has 1 heterocycles. The van der Waals surface area contributed by atoms with Crippen LogP contribution in [-0.2, 0) is 7.05 Å². The third kappa shape index (κ3) is 2.73. The molecule has 5 heteroatoms. The van der Waals surface area contributed by atoms with Crippen molar-refractivity contribution < 1.29 is 4.79 Å². The molecule has 0 fully saturated rings. The minimum Gasteiger partial charge on any atom is -0.348 e. The van der Waals surface area contributed by atoms with Gasteiger partial charge in [-0.25, -0.2) is 0 Å². The molecule has 4 nitrogen and oxygen atoms in total. The lowest BCUT2D eigenvalue weighted by Gasteiger charge is -2.12. The fraction of sp³-hybridized carbons (Fsp3) is 0.556. The maximum Gasteiger partial charge on any atom is 0.254 e. The van der Waals surface area contributed by atoms with Gasteiger partial charge in [0, 0.05) is 25.2 Å². The second kappa shape index (κ2) is 5.00. The summed E-state index contributed by atoms with van der Waals surface area (Å²) in [6, 6.07) is 0.0318. The van der Waals surface area contributed by atoms with Crippen LogP contribution in [-0.4, -0.2) is 27.6 Å². The number of aryl methyl sites for hydroxylation is 1. The van der Waals surface area contributed by atoms with E-state index in [0.717, 1.165) is 6.42 Å². The second-order valence-corrected chi connectivity index (χ2v) is 3.44. The molecule has 1 atom stereocenters. The molecule has 0 radical (unpaired) electrons. The van der Waals surface area contributed by atoms with Crippen LogP contribution in [0.2, 0.25) is 0 Å². The molecular formula is C9H14ClN3O. The van der Waals surface area contributed by atoms with E-state index in [1.807, 2.05) is 6.92 Å². The van der Waals surface area contributed by atoms with Gasteiger partial charge in [-0.1, -0.05) is 6.92 Å². The number of carbonyl (C=O) groups is 1. The van der Waals surface area contributed by atoms with Crippen molar-refractivity contribution in [3.63, 3.8) is 0 Å². The normalized spacial score (nSPS) is 12.5. The molecule has 0 bridgehead atoms. The Balaban J connectivity index is 2.58. The number of nitrogens with zero attached hydrogens (tertiary/aromatic N) is 2. The Morgan fingerprint density at radius 3 is 2.93 bits per heavy atom. The third-order valence-electron chi connectivity index (χ3n) is 1.98. The molecule has 1 aromatic rings. The second-order valence-electron chi connectivity index (χ2n) is 3.14. The van der Waals surface area contributed by atoms with Crippen molar-refractivity contribution in [3.05, 3.63) is 18.0 Å². The van der Waals surface area contributed by atoms with Gasteiger partial charge in [0.25, 0.3) is 5.91 Å². The van der Waals surface area contributed by atoms with E-state index in [1.165, 1.54) is 6.20 Å². The molecule has 0 saturated carbocycles. The van der Waals surface area contributed by atoms with E-state index in [4.69, 9.17) is 11.6 Å². The van der Waals surface area contributed by atoms with E-state index in [2.05, 4.69) is 10.4 Å². The highest BCUT2D eigenvalue weighted by Gasteiger charge is 2.12. The zero-order chi connectivity index (χ0) is 10.6. The number of alkyl halides is 1. The predicted octanol–water partition coefficient (Wildman–Crippen LogP) is 1.17. The molecule has 78 valence electrons. The summed E-state index contributed by atoms with van der Waals surface area (Å²) >= 11 is 5.67. The number of hydrogen-bond acceptors (Lipinski definition) is 2. The first-order valence-corrected chi connectivity index (χ1v) is 5.06. The molecule has 0 aliphatic heterocycles. The summed E-state index contributed by atoms with van der Waals surface area (Å²) in [7, 11) is 1.77. The Morgan fingerprint density at radius 2 is 2.50 bits per heavy atom. The smallest absolute Gasteiger partial charge is 0.254 e. The fourth-order valence-corrected chi connectivity index (χ4v) is 1.35. The van der Waals surface area contributed by atoms with E-state index in [-0.39, 0.29) is 11.9 Å². The Kier molecular flexibility index (Phi) is 3.95. The van der Waals surface area contributed by atoms with E-state index in [9.17, 15) is 4.79 Å². The summed E-state index contributed by atoms with van der Waals surface area (Å²) in [5.41, 5.74) is 0.566. The van der Waals surface area contributed by atoms with Crippen molar-refractivity contribution in [1.29, 1.82) is 0 Å². The Labute approximate surface area is 88.2 Å². The summed E-state index contributed by atoms with van der Waals surface area (Å²) in [5.74, 6) is 0.313. The molecule has 14 heavy (non-hydrogen) atoms. The monoisotopic (exact) mass is 215 g/mol. The van der Waals surface area contributed by atoms with Gasteiger partial charge in [-0.15, -0.1) is 11.6 Å². The molecule has 1 unspecified atom stereocenters. The lowest BCUT2D eigenvalue weighted by atomic mass is 10.2. The van der Waals surface area contributed by atoms with Gasteiger partial charge >= 0.3 is 0 Å². The van der Waals surface area contributed by atoms with Gasteiger partial charge in [0.2, 0.25) is 0 Å². The predicted molar refractivity (Wildman–Crippen MR) is 55.5 cm³/mol. The highest BCUT2D eigenvalue weighted by Crippen LogP contribution is 1.99. The van der Waals surface area contributed by atoms with E-state index < -0.39 is 0 Å². The SMILES string of the molecule is CCC(CCl)NC(=O)c1cnn(C)c1. The first-order chi connectivity index (χ1) is 6.67. The van der Waals surface area contributed by atoms with E-state index >= 15 is 0 Å². The topological polar surface area (TPSA) is 46.9 Å². The molecule has 0 aliphatic rings. The van der Waals surface area contributed by atoms with Gasteiger partial charge in [0.1, 0.15) is 0 Å². The van der Waals surface area contributed by atoms with Gasteiger partial charge in [-0.05, 0) is 6.42 Å². The summed E-state index contributed by atoms with van der Waals surface area (Å²) in [6.07, 6.45) is 4.04. The van der Waals surface area contributed by atoms with Gasteiger partial charge in [0.05, 0.1) is 11.8 Å². The average molecular weight is 216 g/mol. The zero-order valence-electron chi connectivity index (χ0n) is 8.33. The zero-order valence-corrected chi connectivity index (χ0v) is 9.08. The number of aromatic nitrogens is 2. The molecular weight excluding hydrogens is 202 g/mol. The lowest BCUT2D eigenvalue weighted by Crippen LogP contribution is -2.35. The quantitative estimate of drug-likeness (QED) is 0.767. The van der Waals surface area contributed by atoms with Gasteiger partial charge in [0.15, 0.2) is 0 Å². The van der Waals surface area contributed by atoms with Crippen molar-refractivity contribution >= 4 is 17.5 Å². The first-order valence-electron chi connectivity index (χ1n) is 4.52. The number of hydrogen-bond donors (Lipinski definition) is 1. The molecule has 1 rings (SSSR count). The van der Waals surface area contributed by atoms with Crippen LogP contribution in [0.4, 0.5) is 0 Å². The summed E-state index contributed by atoms with van der Waals surface area (Å²) < 4.78 is 1.59. The summed E-state index contributed by atoms with van der Waals surface area (Å²) in [6.45, 7) is 1.98. The van der Waals surface area contributed by atoms with Crippen molar-refractivity contribution in [2.45, 2.75) is 19.4 Å². The minimum absolute atomic E-state index is 0.0318. The highest BCUT2D eigenvalue weighted by molar-refractivity contribution is 6.18. The Hall–Kier alpha value is -1.03. The Bertz CT molecular complexity index is 307. The Morgan fingerprint density at radius 1 is 1.79 bits per heavy atom. The molecule has 1 aromatic heterocycles. The van der Waals surface area contributed by atoms with Crippen molar-refractivity contribution in [2.24, 2.45) is 7.05 Å². The fourth-order valence-electron chi connectivity index (χ4n) is 1.06. The third-order valence-corrected chi connectivity index (χ3v) is 2.35. The molecule has 0 aliphatic carbocycles. The van der Waals surface area contributed by atoms with Crippen LogP contribution in [0, 0.1) is 0 Å². The number of rotatable bonds is 4. The van der Waals surface area contributed by atoms with Crippen LogP contribution in [0.15, 0.2) is 12.4 Å². The van der Waals surface area contributed by atoms with Gasteiger partial charge < -0.3 is 5.32 Å². The van der Waals surface area contributed by atoms with Crippen LogP contribution < -0.4 is 5.32 Å². The number of halogens is 1. The molecule has 0 spiro atoms. The van der Waals surface area contributed by atoms with Crippen molar-refractivity contribution in [2.75, 3.05) is 5.88 Å². The standard InChI is InChI=1S/C9H14ClN3O/c1-3-8(4-10)12-9(14)7-5-11-13(2)6-7/h5-6,8H,3-4H2,1-2H3,(H,12,14). The van der Waals surface area contributed by atoms with E-state index in [0.29, 0.717) is 11.4 Å². The van der Waals surface area contributed by atoms with Crippen molar-refractivity contribution in [1.82, 2.24) is 15.1 Å². The number of carbonyl (C=O) groups excluding carboxylic acids is 1. The van der Waals surface area contributed by atoms with Crippen molar-refractivity contribution in [3.8, 4) is 0 Å². The highest BCUT2D eigenvalue weighted by atomic mass is 35.5. The van der Waals surface area contributed by atoms with Crippen LogP contribution >= 0.6 is 11.6 Å². The lowest BCUT2D eigenvalue weighted by molar-refractivity contribution is 0.0939. The van der Waals surface area contributed by atoms with Crippen LogP contribution in [0.3, 0.4) is 0 Å². The maximum absolute atomic E-state index is 11.6. The average Bonchev–Trinajstić information content (AvgIpc) is 2.61.